The summed E-state index contributed by atoms with van der Waals surface area (Å²) in [6.07, 6.45) is 6.50. The minimum atomic E-state index is 0.110. The number of aryl methyl sites for hydroxylation is 1. The van der Waals surface area contributed by atoms with Crippen molar-refractivity contribution >= 4 is 12.0 Å². The van der Waals surface area contributed by atoms with E-state index >= 15 is 0 Å². The third-order valence-corrected chi connectivity index (χ3v) is 5.15. The molecule has 1 aromatic carbocycles. The van der Waals surface area contributed by atoms with Gasteiger partial charge in [0.15, 0.2) is 0 Å². The van der Waals surface area contributed by atoms with E-state index in [1.54, 1.807) is 7.05 Å². The lowest BCUT2D eigenvalue weighted by molar-refractivity contribution is -0.122. The molecule has 0 radical (unpaired) electrons. The standard InChI is InChI=1S/C19H27N3O/c1-3-14-4-6-17-15(12-14)5-7-18(17)21-16-8-10-22(11-9-16)13-19(23)20-2/h3-4,6,12,16,18,21H,1,5,7-11,13H2,2H3,(H,20,23). The average molecular weight is 313 g/mol. The zero-order valence-electron chi connectivity index (χ0n) is 14.0. The van der Waals surface area contributed by atoms with Gasteiger partial charge in [-0.25, -0.2) is 0 Å². The summed E-state index contributed by atoms with van der Waals surface area (Å²) < 4.78 is 0. The molecular weight excluding hydrogens is 286 g/mol. The number of nitrogens with one attached hydrogen (secondary N) is 2. The second kappa shape index (κ2) is 7.28. The maximum atomic E-state index is 11.5. The highest BCUT2D eigenvalue weighted by Crippen LogP contribution is 2.33. The molecule has 1 saturated heterocycles. The number of hydrogen-bond donors (Lipinski definition) is 2. The van der Waals surface area contributed by atoms with E-state index in [9.17, 15) is 4.79 Å². The molecular formula is C19H27N3O. The number of fused-ring (bicyclic) bond motifs is 1. The smallest absolute Gasteiger partial charge is 0.233 e. The molecule has 4 nitrogen and oxygen atoms in total. The average Bonchev–Trinajstić information content (AvgIpc) is 2.98. The van der Waals surface area contributed by atoms with E-state index in [4.69, 9.17) is 0 Å². The first kappa shape index (κ1) is 16.2. The van der Waals surface area contributed by atoms with Gasteiger partial charge in [-0.3, -0.25) is 9.69 Å². The highest BCUT2D eigenvalue weighted by Gasteiger charge is 2.27. The van der Waals surface area contributed by atoms with Gasteiger partial charge in [-0.2, -0.15) is 0 Å². The molecule has 0 saturated carbocycles. The summed E-state index contributed by atoms with van der Waals surface area (Å²) in [4.78, 5) is 13.7. The van der Waals surface area contributed by atoms with E-state index in [1.165, 1.54) is 23.1 Å². The number of likely N-dealkylation sites (tertiary alicyclic amines) is 1. The van der Waals surface area contributed by atoms with Gasteiger partial charge in [0, 0.05) is 32.2 Å². The summed E-state index contributed by atoms with van der Waals surface area (Å²) in [7, 11) is 1.70. The van der Waals surface area contributed by atoms with E-state index in [0.717, 1.165) is 32.4 Å². The van der Waals surface area contributed by atoms with Gasteiger partial charge in [-0.1, -0.05) is 30.9 Å². The molecule has 2 aliphatic rings. The lowest BCUT2D eigenvalue weighted by Crippen LogP contribution is -2.46. The van der Waals surface area contributed by atoms with E-state index in [-0.39, 0.29) is 5.91 Å². The van der Waals surface area contributed by atoms with Crippen LogP contribution in [0.25, 0.3) is 6.08 Å². The molecule has 3 rings (SSSR count). The first-order valence-corrected chi connectivity index (χ1v) is 8.64. The molecule has 1 heterocycles. The Morgan fingerprint density at radius 1 is 1.35 bits per heavy atom. The van der Waals surface area contributed by atoms with Crippen LogP contribution in [0.2, 0.25) is 0 Å². The third kappa shape index (κ3) is 3.82. The predicted molar refractivity (Wildman–Crippen MR) is 94.3 cm³/mol. The second-order valence-corrected chi connectivity index (χ2v) is 6.64. The SMILES string of the molecule is C=Cc1ccc2c(c1)CCC2NC1CCN(CC(=O)NC)CC1. The normalized spacial score (nSPS) is 21.9. The van der Waals surface area contributed by atoms with Crippen LogP contribution in [0, 0.1) is 0 Å². The van der Waals surface area contributed by atoms with Gasteiger partial charge in [-0.05, 0) is 42.4 Å². The van der Waals surface area contributed by atoms with Gasteiger partial charge in [0.1, 0.15) is 0 Å². The van der Waals surface area contributed by atoms with Crippen LogP contribution in [-0.4, -0.2) is 43.5 Å². The van der Waals surface area contributed by atoms with Crippen molar-refractivity contribution in [2.45, 2.75) is 37.8 Å². The Kier molecular flexibility index (Phi) is 5.13. The van der Waals surface area contributed by atoms with Crippen LogP contribution in [0.3, 0.4) is 0 Å². The van der Waals surface area contributed by atoms with Crippen molar-refractivity contribution in [3.05, 3.63) is 41.5 Å². The summed E-state index contributed by atoms with van der Waals surface area (Å²) in [5.41, 5.74) is 4.15. The molecule has 0 spiro atoms. The Hall–Kier alpha value is -1.65. The van der Waals surface area contributed by atoms with Crippen molar-refractivity contribution in [1.82, 2.24) is 15.5 Å². The number of carbonyl (C=O) groups excluding carboxylic acids is 1. The van der Waals surface area contributed by atoms with E-state index in [2.05, 4.69) is 40.3 Å². The Bertz CT molecular complexity index is 576. The Morgan fingerprint density at radius 2 is 2.13 bits per heavy atom. The monoisotopic (exact) mass is 313 g/mol. The summed E-state index contributed by atoms with van der Waals surface area (Å²) in [6.45, 7) is 6.38. The number of benzene rings is 1. The Morgan fingerprint density at radius 3 is 2.83 bits per heavy atom. The van der Waals surface area contributed by atoms with Gasteiger partial charge in [0.2, 0.25) is 5.91 Å². The molecule has 23 heavy (non-hydrogen) atoms. The van der Waals surface area contributed by atoms with E-state index in [1.807, 2.05) is 6.08 Å². The molecule has 0 aromatic heterocycles. The van der Waals surface area contributed by atoms with Crippen LogP contribution in [0.5, 0.6) is 0 Å². The Balaban J connectivity index is 1.53. The van der Waals surface area contributed by atoms with E-state index in [0.29, 0.717) is 18.6 Å². The fourth-order valence-corrected chi connectivity index (χ4v) is 3.76. The molecule has 1 aliphatic heterocycles. The minimum absolute atomic E-state index is 0.110. The van der Waals surface area contributed by atoms with Crippen molar-refractivity contribution in [2.24, 2.45) is 0 Å². The van der Waals surface area contributed by atoms with Crippen molar-refractivity contribution < 1.29 is 4.79 Å². The summed E-state index contributed by atoms with van der Waals surface area (Å²) in [5, 5.41) is 6.55. The lowest BCUT2D eigenvalue weighted by Gasteiger charge is -2.33. The zero-order chi connectivity index (χ0) is 16.2. The third-order valence-electron chi connectivity index (χ3n) is 5.15. The Labute approximate surface area is 138 Å². The number of amides is 1. The minimum Gasteiger partial charge on any atom is -0.358 e. The molecule has 0 bridgehead atoms. The van der Waals surface area contributed by atoms with Gasteiger partial charge >= 0.3 is 0 Å². The topological polar surface area (TPSA) is 44.4 Å². The quantitative estimate of drug-likeness (QED) is 0.875. The number of likely N-dealkylation sites (N-methyl/N-ethyl adjacent to an activating group) is 1. The van der Waals surface area contributed by atoms with Crippen molar-refractivity contribution in [3.63, 3.8) is 0 Å². The first-order valence-electron chi connectivity index (χ1n) is 8.64. The molecule has 1 amide bonds. The van der Waals surface area contributed by atoms with Gasteiger partial charge < -0.3 is 10.6 Å². The molecule has 1 atom stereocenters. The number of piperidine rings is 1. The number of carbonyl (C=O) groups is 1. The van der Waals surface area contributed by atoms with Crippen LogP contribution < -0.4 is 10.6 Å². The molecule has 1 unspecified atom stereocenters. The molecule has 1 fully saturated rings. The molecule has 124 valence electrons. The summed E-state index contributed by atoms with van der Waals surface area (Å²) in [5.74, 6) is 0.110. The fraction of sp³-hybridized carbons (Fsp3) is 0.526. The number of nitrogens with zero attached hydrogens (tertiary/aromatic N) is 1. The largest absolute Gasteiger partial charge is 0.358 e. The van der Waals surface area contributed by atoms with E-state index < -0.39 is 0 Å². The van der Waals surface area contributed by atoms with Crippen LogP contribution in [-0.2, 0) is 11.2 Å². The zero-order valence-corrected chi connectivity index (χ0v) is 14.0. The number of hydrogen-bond acceptors (Lipinski definition) is 3. The lowest BCUT2D eigenvalue weighted by atomic mass is 10.0. The number of rotatable bonds is 5. The first-order chi connectivity index (χ1) is 11.2. The highest BCUT2D eigenvalue weighted by molar-refractivity contribution is 5.77. The molecule has 1 aliphatic carbocycles. The van der Waals surface area contributed by atoms with Gasteiger partial charge in [0.25, 0.3) is 0 Å². The van der Waals surface area contributed by atoms with Crippen LogP contribution in [0.4, 0.5) is 0 Å². The molecule has 1 aromatic rings. The molecule has 2 N–H and O–H groups in total. The van der Waals surface area contributed by atoms with Crippen molar-refractivity contribution in [3.8, 4) is 0 Å². The highest BCUT2D eigenvalue weighted by atomic mass is 16.1. The van der Waals surface area contributed by atoms with Crippen LogP contribution >= 0.6 is 0 Å². The van der Waals surface area contributed by atoms with Crippen molar-refractivity contribution in [1.29, 1.82) is 0 Å². The maximum Gasteiger partial charge on any atom is 0.233 e. The van der Waals surface area contributed by atoms with Crippen LogP contribution in [0.1, 0.15) is 42.0 Å². The van der Waals surface area contributed by atoms with Gasteiger partial charge in [-0.15, -0.1) is 0 Å². The molecule has 4 heteroatoms. The summed E-state index contributed by atoms with van der Waals surface area (Å²) >= 11 is 0. The van der Waals surface area contributed by atoms with Crippen LogP contribution in [0.15, 0.2) is 24.8 Å². The van der Waals surface area contributed by atoms with Crippen molar-refractivity contribution in [2.75, 3.05) is 26.7 Å². The maximum absolute atomic E-state index is 11.5. The summed E-state index contributed by atoms with van der Waals surface area (Å²) in [6, 6.07) is 7.75. The second-order valence-electron chi connectivity index (χ2n) is 6.64. The predicted octanol–water partition coefficient (Wildman–Crippen LogP) is 2.12. The fourth-order valence-electron chi connectivity index (χ4n) is 3.76. The van der Waals surface area contributed by atoms with Gasteiger partial charge in [0.05, 0.1) is 6.54 Å².